The Morgan fingerprint density at radius 2 is 2.02 bits per heavy atom. The van der Waals surface area contributed by atoms with Gasteiger partial charge < -0.3 is 36.5 Å². The number of aromatic amines is 1. The largest absolute Gasteiger partial charge is 0.695 e. The van der Waals surface area contributed by atoms with Gasteiger partial charge in [0.2, 0.25) is 11.8 Å². The summed E-state index contributed by atoms with van der Waals surface area (Å²) >= 11 is 0. The number of H-pyrrole nitrogens is 1. The van der Waals surface area contributed by atoms with Crippen molar-refractivity contribution in [2.45, 2.75) is 79.4 Å². The molecule has 1 rings (SSSR count). The number of aromatic nitrogens is 1. The van der Waals surface area contributed by atoms with Crippen LogP contribution >= 0.6 is 0 Å². The summed E-state index contributed by atoms with van der Waals surface area (Å²) in [5, 5.41) is 20.1. The van der Waals surface area contributed by atoms with Gasteiger partial charge in [-0.15, -0.1) is 0 Å². The van der Waals surface area contributed by atoms with Crippen molar-refractivity contribution in [1.82, 2.24) is 15.6 Å². The van der Waals surface area contributed by atoms with Crippen molar-refractivity contribution in [2.24, 2.45) is 21.4 Å². The normalized spacial score (nSPS) is 13.6. The smallest absolute Gasteiger partial charge is 0.366 e. The summed E-state index contributed by atoms with van der Waals surface area (Å²) in [7, 11) is 0.551. The number of carbonyl (C=O) groups is 2. The average Bonchev–Trinajstić information content (AvgIpc) is 3.37. The van der Waals surface area contributed by atoms with Gasteiger partial charge in [-0.25, -0.2) is 0 Å². The fourth-order valence-corrected chi connectivity index (χ4v) is 3.83. The van der Waals surface area contributed by atoms with E-state index in [1.165, 1.54) is 31.4 Å². The van der Waals surface area contributed by atoms with Crippen LogP contribution in [0.5, 0.6) is 0 Å². The number of aliphatic hydroxyl groups is 1. The van der Waals surface area contributed by atoms with E-state index in [4.69, 9.17) is 10.6 Å². The standard InChI is InChI=1S/C30H49BFN7O4/c1-7-9-22(2)26(38-31-32)18-24-12-11-23(37-24)10-8-15-34-20-25(39-33)13-16-35-27(40)14-17-36-28(41)19-29(3,4)21-43-30(5,6)42/h9,11-12,14,17-18,20,37,42H,7-8,10,13,15-16,19,21,33,38H2,1-6H3,(H,35,40)(H,36,41)/q+1/b17-14+,22-9-,26-18-,34-20?,39-25-. The third kappa shape index (κ3) is 17.9. The van der Waals surface area contributed by atoms with Crippen LogP contribution in [0.25, 0.3) is 6.08 Å². The minimum absolute atomic E-state index is 0.158. The molecule has 0 saturated heterocycles. The van der Waals surface area contributed by atoms with Crippen molar-refractivity contribution in [2.75, 3.05) is 19.7 Å². The van der Waals surface area contributed by atoms with Crippen molar-refractivity contribution >= 4 is 37.5 Å². The molecule has 1 radical (unpaired) electrons. The third-order valence-corrected chi connectivity index (χ3v) is 6.04. The summed E-state index contributed by atoms with van der Waals surface area (Å²) in [6, 6.07) is 3.98. The maximum Gasteiger partial charge on any atom is 0.695 e. The number of rotatable bonds is 20. The molecule has 0 atom stereocenters. The predicted molar refractivity (Wildman–Crippen MR) is 170 cm³/mol. The number of amides is 2. The van der Waals surface area contributed by atoms with Crippen LogP contribution in [0.1, 0.15) is 78.6 Å². The minimum atomic E-state index is -1.27. The molecule has 0 fully saturated rings. The van der Waals surface area contributed by atoms with Gasteiger partial charge in [0.05, 0.1) is 12.3 Å². The molecule has 237 valence electrons. The number of aliphatic imine (C=N–C) groups is 1. The molecule has 0 unspecified atom stereocenters. The number of nitrogens with one attached hydrogen (secondary N) is 3. The third-order valence-electron chi connectivity index (χ3n) is 6.04. The molecule has 2 amide bonds. The Balaban J connectivity index is 2.38. The molecule has 11 nitrogen and oxygen atoms in total. The van der Waals surface area contributed by atoms with Crippen LogP contribution < -0.4 is 21.7 Å². The maximum atomic E-state index is 12.8. The van der Waals surface area contributed by atoms with Gasteiger partial charge >= 0.3 is 7.69 Å². The predicted octanol–water partition coefficient (Wildman–Crippen LogP) is 2.39. The van der Waals surface area contributed by atoms with E-state index in [9.17, 15) is 19.0 Å². The van der Waals surface area contributed by atoms with Crippen molar-refractivity contribution in [3.8, 4) is 0 Å². The molecule has 0 aliphatic carbocycles. The van der Waals surface area contributed by atoms with E-state index in [-0.39, 0.29) is 24.8 Å². The van der Waals surface area contributed by atoms with Crippen molar-refractivity contribution < 1.29 is 29.0 Å². The summed E-state index contributed by atoms with van der Waals surface area (Å²) in [4.78, 5) is 32.0. The zero-order chi connectivity index (χ0) is 32.3. The highest BCUT2D eigenvalue weighted by atomic mass is 19.1. The zero-order valence-electron chi connectivity index (χ0n) is 26.4. The first-order chi connectivity index (χ1) is 20.3. The number of halogens is 1. The molecule has 0 bridgehead atoms. The Bertz CT molecular complexity index is 1170. The van der Waals surface area contributed by atoms with Crippen LogP contribution in [0, 0.1) is 5.41 Å². The molecular weight excluding hydrogens is 552 g/mol. The number of aryl methyl sites for hydroxylation is 1. The van der Waals surface area contributed by atoms with Crippen LogP contribution in [-0.4, -0.2) is 67.0 Å². The number of nitrogens with two attached hydrogens (primary N) is 2. The van der Waals surface area contributed by atoms with Crippen molar-refractivity contribution in [1.29, 1.82) is 0 Å². The molecule has 13 heteroatoms. The summed E-state index contributed by atoms with van der Waals surface area (Å²) in [6.45, 7) is 11.8. The first-order valence-electron chi connectivity index (χ1n) is 14.5. The molecule has 43 heavy (non-hydrogen) atoms. The number of hydrazone groups is 1. The van der Waals surface area contributed by atoms with Gasteiger partial charge in [-0.2, -0.15) is 5.10 Å². The molecule has 0 aliphatic heterocycles. The quantitative estimate of drug-likeness (QED) is 0.0197. The van der Waals surface area contributed by atoms with Crippen molar-refractivity contribution in [3.05, 3.63) is 53.1 Å². The van der Waals surface area contributed by atoms with Crippen LogP contribution in [0.2, 0.25) is 0 Å². The van der Waals surface area contributed by atoms with Crippen LogP contribution in [0.4, 0.5) is 4.32 Å². The van der Waals surface area contributed by atoms with Crippen LogP contribution in [0.15, 0.2) is 51.8 Å². The lowest BCUT2D eigenvalue weighted by Crippen LogP contribution is -2.83. The van der Waals surface area contributed by atoms with E-state index < -0.39 is 11.2 Å². The van der Waals surface area contributed by atoms with Gasteiger partial charge in [-0.1, -0.05) is 26.8 Å². The maximum absolute atomic E-state index is 12.8. The lowest BCUT2D eigenvalue weighted by molar-refractivity contribution is -0.459. The number of carbonyl (C=O) groups excluding carboxylic acids is 2. The molecule has 0 aliphatic rings. The number of hydrogen-bond acceptors (Lipinski definition) is 7. The molecule has 1 heterocycles. The molecule has 0 aromatic carbocycles. The van der Waals surface area contributed by atoms with Gasteiger partial charge in [0, 0.05) is 67.5 Å². The minimum Gasteiger partial charge on any atom is -0.366 e. The van der Waals surface area contributed by atoms with E-state index in [1.807, 2.05) is 45.9 Å². The molecule has 1 aromatic rings. The highest BCUT2D eigenvalue weighted by molar-refractivity contribution is 6.30. The summed E-state index contributed by atoms with van der Waals surface area (Å²) < 4.78 is 18.1. The second-order valence-corrected chi connectivity index (χ2v) is 11.4. The van der Waals surface area contributed by atoms with Gasteiger partial charge in [0.1, 0.15) is 5.70 Å². The topological polar surface area (TPSA) is 171 Å². The highest BCUT2D eigenvalue weighted by Gasteiger charge is 2.25. The van der Waals surface area contributed by atoms with Crippen LogP contribution in [0.3, 0.4) is 0 Å². The second-order valence-electron chi connectivity index (χ2n) is 11.4. The number of quaternary nitrogens is 1. The fourth-order valence-electron chi connectivity index (χ4n) is 3.83. The SMILES string of the molecule is CC/C=C(C)\C(=C\c1ccc(CCCN=C/C(CCNC(=O)/C=C/NC(=O)CC(C)(C)COC(C)(C)O)=N\N)[nH]1)[NH2+][B]F. The summed E-state index contributed by atoms with van der Waals surface area (Å²) in [5.74, 6) is 3.55. The summed E-state index contributed by atoms with van der Waals surface area (Å²) in [6.07, 6.45) is 11.1. The van der Waals surface area contributed by atoms with Crippen molar-refractivity contribution in [3.63, 3.8) is 0 Å². The first kappa shape index (κ1) is 37.5. The summed E-state index contributed by atoms with van der Waals surface area (Å²) in [5.41, 5.74) is 3.86. The molecule has 8 N–H and O–H groups in total. The monoisotopic (exact) mass is 601 g/mol. The van der Waals surface area contributed by atoms with E-state index in [2.05, 4.69) is 31.8 Å². The van der Waals surface area contributed by atoms with Gasteiger partial charge in [0.25, 0.3) is 0 Å². The number of ether oxygens (including phenoxy) is 1. The Kier molecular flexibility index (Phi) is 17.1. The number of nitrogens with zero attached hydrogens (tertiary/aromatic N) is 2. The van der Waals surface area contributed by atoms with Gasteiger partial charge in [-0.3, -0.25) is 18.9 Å². The van der Waals surface area contributed by atoms with Crippen LogP contribution in [-0.2, 0) is 20.7 Å². The van der Waals surface area contributed by atoms with E-state index in [0.29, 0.717) is 32.9 Å². The lowest BCUT2D eigenvalue weighted by atomic mass is 9.90. The lowest BCUT2D eigenvalue weighted by Gasteiger charge is -2.28. The van der Waals surface area contributed by atoms with E-state index in [1.54, 1.807) is 6.21 Å². The average molecular weight is 602 g/mol. The Labute approximate surface area is 255 Å². The Morgan fingerprint density at radius 3 is 2.67 bits per heavy atom. The molecule has 0 spiro atoms. The van der Waals surface area contributed by atoms with Gasteiger partial charge in [0.15, 0.2) is 5.79 Å². The second kappa shape index (κ2) is 19.6. The Hall–Kier alpha value is -3.55. The fraction of sp³-hybridized carbons (Fsp3) is 0.533. The Morgan fingerprint density at radius 1 is 1.28 bits per heavy atom. The first-order valence-corrected chi connectivity index (χ1v) is 14.5. The van der Waals surface area contributed by atoms with E-state index >= 15 is 0 Å². The molecule has 0 saturated carbocycles. The van der Waals surface area contributed by atoms with Gasteiger partial charge in [-0.05, 0) is 57.6 Å². The molecular formula is C30H49BFN7O4+. The molecule has 1 aromatic heterocycles. The number of hydrogen-bond donors (Lipinski definition) is 6. The highest BCUT2D eigenvalue weighted by Crippen LogP contribution is 2.22. The zero-order valence-corrected chi connectivity index (χ0v) is 26.4. The van der Waals surface area contributed by atoms with E-state index in [0.717, 1.165) is 41.9 Å². The number of allylic oxidation sites excluding steroid dienone is 2.